The molecule has 116 valence electrons. The predicted octanol–water partition coefficient (Wildman–Crippen LogP) is 3.36. The van der Waals surface area contributed by atoms with Crippen LogP contribution in [0.5, 0.6) is 0 Å². The van der Waals surface area contributed by atoms with Crippen LogP contribution in [0.1, 0.15) is 35.1 Å². The van der Waals surface area contributed by atoms with Crippen molar-refractivity contribution in [3.05, 3.63) is 64.7 Å². The van der Waals surface area contributed by atoms with Gasteiger partial charge in [0.2, 0.25) is 0 Å². The second-order valence-corrected chi connectivity index (χ2v) is 5.79. The summed E-state index contributed by atoms with van der Waals surface area (Å²) in [6.45, 7) is 0.500. The number of benzene rings is 2. The second kappa shape index (κ2) is 6.97. The van der Waals surface area contributed by atoms with Crippen LogP contribution < -0.4 is 11.1 Å². The molecule has 0 aliphatic heterocycles. The minimum Gasteiger partial charge on any atom is -0.370 e. The number of guanidine groups is 1. The summed E-state index contributed by atoms with van der Waals surface area (Å²) in [6.07, 6.45) is 4.74. The Morgan fingerprint density at radius 3 is 2.70 bits per heavy atom. The molecule has 0 unspecified atom stereocenters. The molecule has 0 radical (unpaired) electrons. The largest absolute Gasteiger partial charge is 0.370 e. The van der Waals surface area contributed by atoms with Crippen molar-refractivity contribution in [2.24, 2.45) is 10.7 Å². The molecule has 0 fully saturated rings. The Morgan fingerprint density at radius 1 is 1.13 bits per heavy atom. The Labute approximate surface area is 136 Å². The molecule has 0 aromatic heterocycles. The van der Waals surface area contributed by atoms with Crippen LogP contribution >= 0.6 is 0 Å². The van der Waals surface area contributed by atoms with Crippen LogP contribution in [-0.2, 0) is 19.4 Å². The molecule has 0 heterocycles. The van der Waals surface area contributed by atoms with E-state index in [1.165, 1.54) is 24.0 Å². The Kier molecular flexibility index (Phi) is 4.58. The van der Waals surface area contributed by atoms with Gasteiger partial charge in [0.15, 0.2) is 5.96 Å². The summed E-state index contributed by atoms with van der Waals surface area (Å²) in [5, 5.41) is 12.0. The molecule has 23 heavy (non-hydrogen) atoms. The van der Waals surface area contributed by atoms with Crippen molar-refractivity contribution in [1.82, 2.24) is 0 Å². The third kappa shape index (κ3) is 3.70. The monoisotopic (exact) mass is 304 g/mol. The molecule has 0 spiro atoms. The highest BCUT2D eigenvalue weighted by Gasteiger charge is 2.12. The highest BCUT2D eigenvalue weighted by atomic mass is 15.1. The summed E-state index contributed by atoms with van der Waals surface area (Å²) < 4.78 is 0. The van der Waals surface area contributed by atoms with Gasteiger partial charge in [-0.25, -0.2) is 4.99 Å². The summed E-state index contributed by atoms with van der Waals surface area (Å²) in [5.41, 5.74) is 11.6. The zero-order valence-electron chi connectivity index (χ0n) is 13.0. The highest BCUT2D eigenvalue weighted by molar-refractivity contribution is 5.93. The highest BCUT2D eigenvalue weighted by Crippen LogP contribution is 2.27. The van der Waals surface area contributed by atoms with Crippen molar-refractivity contribution >= 4 is 11.6 Å². The van der Waals surface area contributed by atoms with E-state index in [2.05, 4.69) is 34.6 Å². The predicted molar refractivity (Wildman–Crippen MR) is 93.2 cm³/mol. The lowest BCUT2D eigenvalue weighted by Crippen LogP contribution is -2.24. The number of hydrogen-bond acceptors (Lipinski definition) is 2. The summed E-state index contributed by atoms with van der Waals surface area (Å²) >= 11 is 0. The lowest BCUT2D eigenvalue weighted by molar-refractivity contribution is 0.687. The summed E-state index contributed by atoms with van der Waals surface area (Å²) in [7, 11) is 0. The zero-order chi connectivity index (χ0) is 16.1. The minimum absolute atomic E-state index is 0.424. The van der Waals surface area contributed by atoms with E-state index < -0.39 is 0 Å². The summed E-state index contributed by atoms with van der Waals surface area (Å²) in [6, 6.07) is 15.8. The number of nitrogens with two attached hydrogens (primary N) is 1. The molecule has 4 nitrogen and oxygen atoms in total. The number of anilines is 1. The van der Waals surface area contributed by atoms with Gasteiger partial charge in [0.1, 0.15) is 0 Å². The van der Waals surface area contributed by atoms with E-state index in [0.717, 1.165) is 24.1 Å². The van der Waals surface area contributed by atoms with Gasteiger partial charge in [0, 0.05) is 5.69 Å². The van der Waals surface area contributed by atoms with Crippen LogP contribution in [0, 0.1) is 11.3 Å². The van der Waals surface area contributed by atoms with Crippen LogP contribution in [0.4, 0.5) is 5.69 Å². The number of aliphatic imine (C=N–C) groups is 1. The average Bonchev–Trinajstić information content (AvgIpc) is 2.61. The molecule has 1 aliphatic rings. The van der Waals surface area contributed by atoms with Gasteiger partial charge in [-0.2, -0.15) is 5.26 Å². The summed E-state index contributed by atoms with van der Waals surface area (Å²) in [4.78, 5) is 4.39. The maximum atomic E-state index is 8.80. The molecule has 0 bridgehead atoms. The topological polar surface area (TPSA) is 74.2 Å². The Bertz CT molecular complexity index is 754. The van der Waals surface area contributed by atoms with E-state index in [4.69, 9.17) is 11.0 Å². The molecule has 0 saturated carbocycles. The second-order valence-electron chi connectivity index (χ2n) is 5.79. The zero-order valence-corrected chi connectivity index (χ0v) is 13.0. The Hall–Kier alpha value is -2.80. The van der Waals surface area contributed by atoms with Gasteiger partial charge in [0.05, 0.1) is 18.2 Å². The normalized spacial score (nSPS) is 14.0. The van der Waals surface area contributed by atoms with Crippen molar-refractivity contribution < 1.29 is 0 Å². The number of fused-ring (bicyclic) bond motifs is 1. The van der Waals surface area contributed by atoms with Crippen LogP contribution in [0.25, 0.3) is 0 Å². The van der Waals surface area contributed by atoms with Crippen LogP contribution in [-0.4, -0.2) is 5.96 Å². The van der Waals surface area contributed by atoms with E-state index in [-0.39, 0.29) is 0 Å². The van der Waals surface area contributed by atoms with Crippen LogP contribution in [0.3, 0.4) is 0 Å². The third-order valence-corrected chi connectivity index (χ3v) is 4.17. The molecule has 0 amide bonds. The molecule has 3 N–H and O–H groups in total. The number of nitrogens with one attached hydrogen (secondary N) is 1. The Balaban J connectivity index is 1.69. The molecule has 2 aromatic carbocycles. The molecule has 2 aromatic rings. The van der Waals surface area contributed by atoms with Crippen molar-refractivity contribution in [2.45, 2.75) is 32.2 Å². The van der Waals surface area contributed by atoms with Gasteiger partial charge >= 0.3 is 0 Å². The molecular weight excluding hydrogens is 284 g/mol. The number of nitrogens with zero attached hydrogens (tertiary/aromatic N) is 2. The smallest absolute Gasteiger partial charge is 0.193 e. The fourth-order valence-corrected chi connectivity index (χ4v) is 2.94. The quantitative estimate of drug-likeness (QED) is 0.674. The lowest BCUT2D eigenvalue weighted by atomic mass is 9.90. The van der Waals surface area contributed by atoms with Gasteiger partial charge in [-0.1, -0.05) is 24.3 Å². The van der Waals surface area contributed by atoms with Crippen molar-refractivity contribution in [2.75, 3.05) is 5.32 Å². The van der Waals surface area contributed by atoms with Gasteiger partial charge in [-0.05, 0) is 60.6 Å². The maximum absolute atomic E-state index is 8.80. The first-order valence-corrected chi connectivity index (χ1v) is 7.93. The van der Waals surface area contributed by atoms with E-state index in [1.54, 1.807) is 12.1 Å². The standard InChI is InChI=1S/C19H20N4/c20-12-14-8-10-15(11-9-14)13-22-19(21)23-18-7-3-5-16-4-1-2-6-17(16)18/h3,5,7-11H,1-2,4,6,13H2,(H3,21,22,23). The van der Waals surface area contributed by atoms with Crippen LogP contribution in [0.15, 0.2) is 47.5 Å². The van der Waals surface area contributed by atoms with E-state index in [0.29, 0.717) is 18.1 Å². The molecule has 4 heteroatoms. The van der Waals surface area contributed by atoms with Gasteiger partial charge in [0.25, 0.3) is 0 Å². The first-order valence-electron chi connectivity index (χ1n) is 7.93. The van der Waals surface area contributed by atoms with Gasteiger partial charge < -0.3 is 11.1 Å². The third-order valence-electron chi connectivity index (χ3n) is 4.17. The number of hydrogen-bond donors (Lipinski definition) is 2. The first-order chi connectivity index (χ1) is 11.3. The van der Waals surface area contributed by atoms with E-state index >= 15 is 0 Å². The van der Waals surface area contributed by atoms with Crippen molar-refractivity contribution in [3.63, 3.8) is 0 Å². The fraction of sp³-hybridized carbons (Fsp3) is 0.263. The van der Waals surface area contributed by atoms with Gasteiger partial charge in [-0.3, -0.25) is 0 Å². The number of nitriles is 1. The van der Waals surface area contributed by atoms with Crippen molar-refractivity contribution in [3.8, 4) is 6.07 Å². The summed E-state index contributed by atoms with van der Waals surface area (Å²) in [5.74, 6) is 0.424. The Morgan fingerprint density at radius 2 is 1.91 bits per heavy atom. The lowest BCUT2D eigenvalue weighted by Gasteiger charge is -2.19. The fourth-order valence-electron chi connectivity index (χ4n) is 2.94. The molecule has 1 aliphatic carbocycles. The average molecular weight is 304 g/mol. The van der Waals surface area contributed by atoms with Crippen molar-refractivity contribution in [1.29, 1.82) is 5.26 Å². The van der Waals surface area contributed by atoms with Gasteiger partial charge in [-0.15, -0.1) is 0 Å². The molecule has 0 atom stereocenters. The molecule has 0 saturated heterocycles. The van der Waals surface area contributed by atoms with E-state index in [1.807, 2.05) is 12.1 Å². The number of aryl methyl sites for hydroxylation is 1. The minimum atomic E-state index is 0.424. The molecule has 3 rings (SSSR count). The first kappa shape index (κ1) is 15.1. The molecular formula is C19H20N4. The van der Waals surface area contributed by atoms with E-state index in [9.17, 15) is 0 Å². The SMILES string of the molecule is N#Cc1ccc(CN=C(N)Nc2cccc3c2CCCC3)cc1. The van der Waals surface area contributed by atoms with Crippen LogP contribution in [0.2, 0.25) is 0 Å². The maximum Gasteiger partial charge on any atom is 0.193 e. The number of rotatable bonds is 3.